The molecule has 3 N–H and O–H groups in total. The van der Waals surface area contributed by atoms with E-state index in [0.717, 1.165) is 24.2 Å². The van der Waals surface area contributed by atoms with Crippen molar-refractivity contribution in [1.29, 1.82) is 0 Å². The lowest BCUT2D eigenvalue weighted by Gasteiger charge is -2.23. The van der Waals surface area contributed by atoms with E-state index in [2.05, 4.69) is 0 Å². The molecule has 25 heavy (non-hydrogen) atoms. The number of hydrogen-bond acceptors (Lipinski definition) is 4. The maximum Gasteiger partial charge on any atom is 0.346 e. The van der Waals surface area contributed by atoms with Gasteiger partial charge in [-0.2, -0.15) is 8.42 Å². The van der Waals surface area contributed by atoms with Crippen molar-refractivity contribution in [2.45, 2.75) is 62.5 Å². The van der Waals surface area contributed by atoms with Gasteiger partial charge >= 0.3 is 7.60 Å². The minimum absolute atomic E-state index is 0.225. The molecule has 9 heteroatoms. The van der Waals surface area contributed by atoms with Crippen molar-refractivity contribution >= 4 is 17.7 Å². The van der Waals surface area contributed by atoms with Crippen LogP contribution in [-0.2, 0) is 21.1 Å². The Morgan fingerprint density at radius 1 is 1.20 bits per heavy atom. The molecule has 1 unspecified atom stereocenters. The summed E-state index contributed by atoms with van der Waals surface area (Å²) in [5.74, 6) is 0.755. The van der Waals surface area contributed by atoms with Crippen LogP contribution >= 0.6 is 7.60 Å². The van der Waals surface area contributed by atoms with Crippen molar-refractivity contribution in [1.82, 2.24) is 0 Å². The molecule has 0 heterocycles. The largest absolute Gasteiger partial charge is 0.490 e. The zero-order chi connectivity index (χ0) is 18.5. The summed E-state index contributed by atoms with van der Waals surface area (Å²) in [4.78, 5) is 16.1. The highest BCUT2D eigenvalue weighted by atomic mass is 32.2. The van der Waals surface area contributed by atoms with Crippen LogP contribution < -0.4 is 4.74 Å². The lowest BCUT2D eigenvalue weighted by Crippen LogP contribution is -2.21. The van der Waals surface area contributed by atoms with E-state index in [1.54, 1.807) is 0 Å². The number of benzene rings is 1. The van der Waals surface area contributed by atoms with Crippen molar-refractivity contribution in [3.8, 4) is 5.75 Å². The maximum absolute atomic E-state index is 11.2. The molecule has 0 aliphatic heterocycles. The number of hydrogen-bond donors (Lipinski definition) is 3. The second kappa shape index (κ2) is 8.64. The van der Waals surface area contributed by atoms with E-state index < -0.39 is 22.7 Å². The third kappa shape index (κ3) is 6.72. The Morgan fingerprint density at radius 2 is 1.88 bits per heavy atom. The highest BCUT2D eigenvalue weighted by Gasteiger charge is 2.38. The Hall–Kier alpha value is -0.920. The van der Waals surface area contributed by atoms with Gasteiger partial charge in [-0.1, -0.05) is 18.6 Å². The fraction of sp³-hybridized carbons (Fsp3) is 0.625. The van der Waals surface area contributed by atoms with Crippen LogP contribution in [0.1, 0.15) is 50.5 Å². The molecular formula is C16H25O7PS. The van der Waals surface area contributed by atoms with Gasteiger partial charge in [-0.15, -0.1) is 0 Å². The van der Waals surface area contributed by atoms with Crippen molar-refractivity contribution < 1.29 is 32.1 Å². The van der Waals surface area contributed by atoms with E-state index in [9.17, 15) is 13.0 Å². The molecule has 1 aromatic rings. The number of ether oxygens (including phenoxy) is 1. The molecule has 7 nitrogen and oxygen atoms in total. The molecule has 1 saturated carbocycles. The zero-order valence-electron chi connectivity index (χ0n) is 14.0. The van der Waals surface area contributed by atoms with Gasteiger partial charge in [0.1, 0.15) is 5.75 Å². The summed E-state index contributed by atoms with van der Waals surface area (Å²) < 4.78 is 48.5. The van der Waals surface area contributed by atoms with Gasteiger partial charge in [0, 0.05) is 0 Å². The molecule has 0 aromatic heterocycles. The molecule has 1 aromatic carbocycles. The van der Waals surface area contributed by atoms with Gasteiger partial charge in [-0.05, 0) is 62.6 Å². The van der Waals surface area contributed by atoms with E-state index in [4.69, 9.17) is 19.1 Å². The Morgan fingerprint density at radius 3 is 2.48 bits per heavy atom. The lowest BCUT2D eigenvalue weighted by atomic mass is 9.98. The van der Waals surface area contributed by atoms with Gasteiger partial charge in [-0.3, -0.25) is 9.12 Å². The Labute approximate surface area is 148 Å². The molecular weight excluding hydrogens is 367 g/mol. The summed E-state index contributed by atoms with van der Waals surface area (Å²) in [5.41, 5.74) is 0.896. The second-order valence-corrected chi connectivity index (χ2v) is 10.2. The molecule has 0 radical (unpaired) electrons. The summed E-state index contributed by atoms with van der Waals surface area (Å²) in [7, 11) is -9.71. The van der Waals surface area contributed by atoms with Gasteiger partial charge in [0.15, 0.2) is 4.99 Å². The smallest absolute Gasteiger partial charge is 0.346 e. The molecule has 1 atom stereocenters. The Bertz CT molecular complexity index is 707. The summed E-state index contributed by atoms with van der Waals surface area (Å²) in [6.07, 6.45) is 6.25. The predicted molar refractivity (Wildman–Crippen MR) is 94.3 cm³/mol. The first-order valence-corrected chi connectivity index (χ1v) is 11.6. The van der Waals surface area contributed by atoms with Crippen molar-refractivity contribution in [2.75, 3.05) is 0 Å². The average molecular weight is 392 g/mol. The minimum Gasteiger partial charge on any atom is -0.490 e. The summed E-state index contributed by atoms with van der Waals surface area (Å²) in [6, 6.07) is 7.44. The average Bonchev–Trinajstić information content (AvgIpc) is 2.50. The lowest BCUT2D eigenvalue weighted by molar-refractivity contribution is 0.155. The summed E-state index contributed by atoms with van der Waals surface area (Å²) in [5, 5.41) is 0. The van der Waals surface area contributed by atoms with Gasteiger partial charge in [-0.25, -0.2) is 0 Å². The van der Waals surface area contributed by atoms with Crippen molar-refractivity contribution in [3.05, 3.63) is 29.8 Å². The van der Waals surface area contributed by atoms with Crippen LogP contribution in [0.25, 0.3) is 0 Å². The van der Waals surface area contributed by atoms with Crippen LogP contribution in [0, 0.1) is 0 Å². The van der Waals surface area contributed by atoms with Crippen LogP contribution in [0.5, 0.6) is 5.75 Å². The van der Waals surface area contributed by atoms with Crippen LogP contribution in [0.2, 0.25) is 0 Å². The predicted octanol–water partition coefficient (Wildman–Crippen LogP) is 3.11. The first-order chi connectivity index (χ1) is 11.7. The first kappa shape index (κ1) is 20.4. The Balaban J connectivity index is 1.92. The van der Waals surface area contributed by atoms with E-state index in [1.165, 1.54) is 19.3 Å². The van der Waals surface area contributed by atoms with Gasteiger partial charge < -0.3 is 14.5 Å². The molecule has 142 valence electrons. The monoisotopic (exact) mass is 392 g/mol. The van der Waals surface area contributed by atoms with Gasteiger partial charge in [0.2, 0.25) is 0 Å². The topological polar surface area (TPSA) is 121 Å². The summed E-state index contributed by atoms with van der Waals surface area (Å²) >= 11 is 0. The maximum atomic E-state index is 11.2. The van der Waals surface area contributed by atoms with Crippen molar-refractivity contribution in [2.24, 2.45) is 0 Å². The highest BCUT2D eigenvalue weighted by molar-refractivity contribution is 7.93. The van der Waals surface area contributed by atoms with Gasteiger partial charge in [0.25, 0.3) is 10.1 Å². The fourth-order valence-electron chi connectivity index (χ4n) is 3.12. The molecule has 1 aliphatic rings. The molecule has 0 spiro atoms. The van der Waals surface area contributed by atoms with E-state index in [1.807, 2.05) is 24.3 Å². The number of aryl methyl sites for hydroxylation is 1. The standard InChI is InChI=1S/C16H25O7PS/c17-24(18,19)16(25(20,21)22)11-5-7-13-6-4-10-15(12-13)23-14-8-2-1-3-9-14/h4,6,10,12,14,16H,1-3,5,7-9,11H2,(H2,17,18,19)(H,20,21,22). The second-order valence-electron chi connectivity index (χ2n) is 6.48. The zero-order valence-corrected chi connectivity index (χ0v) is 15.7. The molecule has 0 saturated heterocycles. The van der Waals surface area contributed by atoms with Crippen LogP contribution in [0.15, 0.2) is 24.3 Å². The Kier molecular flexibility index (Phi) is 7.05. The van der Waals surface area contributed by atoms with E-state index in [-0.39, 0.29) is 18.9 Å². The van der Waals surface area contributed by atoms with E-state index in [0.29, 0.717) is 6.42 Å². The molecule has 1 aliphatic carbocycles. The fourth-order valence-corrected chi connectivity index (χ4v) is 5.49. The molecule has 0 bridgehead atoms. The van der Waals surface area contributed by atoms with Crippen LogP contribution in [0.3, 0.4) is 0 Å². The molecule has 2 rings (SSSR count). The first-order valence-electron chi connectivity index (χ1n) is 8.43. The normalized spacial score (nSPS) is 18.0. The van der Waals surface area contributed by atoms with Crippen LogP contribution in [-0.4, -0.2) is 33.9 Å². The number of rotatable bonds is 8. The highest BCUT2D eigenvalue weighted by Crippen LogP contribution is 2.46. The third-order valence-corrected chi connectivity index (χ3v) is 7.94. The molecule has 1 fully saturated rings. The SMILES string of the molecule is O=P(O)(O)C(CCCc1cccc(OC2CCCCC2)c1)S(=O)(=O)O. The van der Waals surface area contributed by atoms with Crippen LogP contribution in [0.4, 0.5) is 0 Å². The summed E-state index contributed by atoms with van der Waals surface area (Å²) in [6.45, 7) is 0. The minimum atomic E-state index is -4.92. The molecule has 0 amide bonds. The van der Waals surface area contributed by atoms with Gasteiger partial charge in [0.05, 0.1) is 6.10 Å². The quantitative estimate of drug-likeness (QED) is 0.459. The van der Waals surface area contributed by atoms with Crippen molar-refractivity contribution in [3.63, 3.8) is 0 Å². The third-order valence-electron chi connectivity index (χ3n) is 4.39. The van der Waals surface area contributed by atoms with E-state index >= 15 is 0 Å².